The first-order valence-corrected chi connectivity index (χ1v) is 5.21. The average molecular weight is 228 g/mol. The van der Waals surface area contributed by atoms with Crippen molar-refractivity contribution < 1.29 is 18.3 Å². The van der Waals surface area contributed by atoms with Crippen LogP contribution >= 0.6 is 0 Å². The van der Waals surface area contributed by atoms with E-state index in [-0.39, 0.29) is 11.5 Å². The smallest absolute Gasteiger partial charge is 0.387 e. The molecule has 0 amide bonds. The molecule has 1 aromatic carbocycles. The molecule has 2 nitrogen and oxygen atoms in total. The van der Waals surface area contributed by atoms with Crippen LogP contribution in [-0.2, 0) is 0 Å². The van der Waals surface area contributed by atoms with Crippen molar-refractivity contribution in [2.75, 3.05) is 0 Å². The van der Waals surface area contributed by atoms with Gasteiger partial charge in [-0.15, -0.1) is 0 Å². The molecule has 0 aromatic heterocycles. The number of rotatable bonds is 6. The van der Waals surface area contributed by atoms with Gasteiger partial charge in [-0.1, -0.05) is 25.5 Å². The molecule has 4 heteroatoms. The van der Waals surface area contributed by atoms with Crippen molar-refractivity contribution in [1.29, 1.82) is 0 Å². The monoisotopic (exact) mass is 228 g/mol. The van der Waals surface area contributed by atoms with Gasteiger partial charge < -0.3 is 4.74 Å². The molecule has 0 unspecified atom stereocenters. The molecule has 0 aliphatic carbocycles. The van der Waals surface area contributed by atoms with E-state index in [0.29, 0.717) is 12.0 Å². The Morgan fingerprint density at radius 3 is 2.81 bits per heavy atom. The summed E-state index contributed by atoms with van der Waals surface area (Å²) in [5.74, 6) is -0.0149. The zero-order chi connectivity index (χ0) is 12.0. The first kappa shape index (κ1) is 12.6. The number of alkyl halides is 2. The lowest BCUT2D eigenvalue weighted by Gasteiger charge is -2.06. The van der Waals surface area contributed by atoms with Gasteiger partial charge in [0.15, 0.2) is 5.78 Å². The fourth-order valence-electron chi connectivity index (χ4n) is 1.33. The first-order valence-electron chi connectivity index (χ1n) is 5.21. The quantitative estimate of drug-likeness (QED) is 0.694. The third kappa shape index (κ3) is 3.96. The van der Waals surface area contributed by atoms with E-state index in [1.54, 1.807) is 6.07 Å². The number of hydrogen-bond acceptors (Lipinski definition) is 2. The van der Waals surface area contributed by atoms with E-state index < -0.39 is 6.61 Å². The van der Waals surface area contributed by atoms with E-state index >= 15 is 0 Å². The second-order valence-electron chi connectivity index (χ2n) is 3.43. The summed E-state index contributed by atoms with van der Waals surface area (Å²) in [4.78, 5) is 11.6. The van der Waals surface area contributed by atoms with Gasteiger partial charge in [0.05, 0.1) is 0 Å². The summed E-state index contributed by atoms with van der Waals surface area (Å²) in [5.41, 5.74) is 0.423. The Kier molecular flexibility index (Phi) is 4.89. The van der Waals surface area contributed by atoms with E-state index in [4.69, 9.17) is 0 Å². The van der Waals surface area contributed by atoms with Crippen LogP contribution in [0.25, 0.3) is 0 Å². The molecule has 0 bridgehead atoms. The predicted octanol–water partition coefficient (Wildman–Crippen LogP) is 3.66. The molecule has 0 spiro atoms. The van der Waals surface area contributed by atoms with Crippen LogP contribution in [0.4, 0.5) is 8.78 Å². The van der Waals surface area contributed by atoms with Crippen molar-refractivity contribution in [3.63, 3.8) is 0 Å². The minimum Gasteiger partial charge on any atom is -0.435 e. The van der Waals surface area contributed by atoms with Gasteiger partial charge in [0, 0.05) is 12.0 Å². The standard InChI is InChI=1S/C12H14F2O2/c1-2-3-7-11(15)9-5-4-6-10(8-9)16-12(13)14/h4-6,8,12H,2-3,7H2,1H3. The number of unbranched alkanes of at least 4 members (excludes halogenated alkanes) is 1. The van der Waals surface area contributed by atoms with Gasteiger partial charge in [0.25, 0.3) is 0 Å². The number of benzene rings is 1. The number of ketones is 1. The Balaban J connectivity index is 2.69. The normalized spacial score (nSPS) is 10.5. The summed E-state index contributed by atoms with van der Waals surface area (Å²) in [7, 11) is 0. The summed E-state index contributed by atoms with van der Waals surface area (Å²) in [5, 5.41) is 0. The molecule has 1 aromatic rings. The molecule has 0 atom stereocenters. The van der Waals surface area contributed by atoms with Crippen LogP contribution < -0.4 is 4.74 Å². The highest BCUT2D eigenvalue weighted by atomic mass is 19.3. The van der Waals surface area contributed by atoms with E-state index in [9.17, 15) is 13.6 Å². The molecule has 0 N–H and O–H groups in total. The molecule has 0 aliphatic rings. The van der Waals surface area contributed by atoms with Crippen LogP contribution in [0, 0.1) is 0 Å². The van der Waals surface area contributed by atoms with Crippen LogP contribution in [0.3, 0.4) is 0 Å². The number of Topliss-reactive ketones (excluding diaryl/α,β-unsaturated/α-hetero) is 1. The average Bonchev–Trinajstić information content (AvgIpc) is 2.25. The minimum absolute atomic E-state index is 0.0253. The lowest BCUT2D eigenvalue weighted by atomic mass is 10.1. The summed E-state index contributed by atoms with van der Waals surface area (Å²) in [6.07, 6.45) is 2.17. The van der Waals surface area contributed by atoms with Crippen molar-refractivity contribution in [3.05, 3.63) is 29.8 Å². The third-order valence-electron chi connectivity index (χ3n) is 2.14. The molecule has 0 radical (unpaired) electrons. The van der Waals surface area contributed by atoms with E-state index in [1.165, 1.54) is 18.2 Å². The zero-order valence-corrected chi connectivity index (χ0v) is 9.08. The van der Waals surface area contributed by atoms with Crippen LogP contribution in [0.1, 0.15) is 36.5 Å². The van der Waals surface area contributed by atoms with E-state index in [0.717, 1.165) is 12.8 Å². The van der Waals surface area contributed by atoms with Crippen LogP contribution in [-0.4, -0.2) is 12.4 Å². The number of halogens is 2. The highest BCUT2D eigenvalue weighted by Crippen LogP contribution is 2.17. The SMILES string of the molecule is CCCCC(=O)c1cccc(OC(F)F)c1. The Bertz CT molecular complexity index is 351. The van der Waals surface area contributed by atoms with Crippen molar-refractivity contribution in [2.24, 2.45) is 0 Å². The van der Waals surface area contributed by atoms with Gasteiger partial charge in [0.1, 0.15) is 5.75 Å². The molecular weight excluding hydrogens is 214 g/mol. The Hall–Kier alpha value is -1.45. The number of hydrogen-bond donors (Lipinski definition) is 0. The van der Waals surface area contributed by atoms with Crippen molar-refractivity contribution >= 4 is 5.78 Å². The molecule has 88 valence electrons. The van der Waals surface area contributed by atoms with Crippen molar-refractivity contribution in [3.8, 4) is 5.75 Å². The molecular formula is C12H14F2O2. The van der Waals surface area contributed by atoms with Gasteiger partial charge in [-0.3, -0.25) is 4.79 Å². The third-order valence-corrected chi connectivity index (χ3v) is 2.14. The number of carbonyl (C=O) groups is 1. The Labute approximate surface area is 93.2 Å². The summed E-state index contributed by atoms with van der Waals surface area (Å²) < 4.78 is 28.1. The highest BCUT2D eigenvalue weighted by Gasteiger charge is 2.08. The van der Waals surface area contributed by atoms with Crippen LogP contribution in [0.5, 0.6) is 5.75 Å². The lowest BCUT2D eigenvalue weighted by Crippen LogP contribution is -2.04. The molecule has 0 heterocycles. The van der Waals surface area contributed by atoms with E-state index in [2.05, 4.69) is 4.74 Å². The fourth-order valence-corrected chi connectivity index (χ4v) is 1.33. The summed E-state index contributed by atoms with van der Waals surface area (Å²) >= 11 is 0. The van der Waals surface area contributed by atoms with Gasteiger partial charge in [-0.2, -0.15) is 8.78 Å². The highest BCUT2D eigenvalue weighted by molar-refractivity contribution is 5.96. The zero-order valence-electron chi connectivity index (χ0n) is 9.08. The van der Waals surface area contributed by atoms with Gasteiger partial charge >= 0.3 is 6.61 Å². The topological polar surface area (TPSA) is 26.3 Å². The molecule has 0 saturated heterocycles. The summed E-state index contributed by atoms with van der Waals surface area (Å²) in [6.45, 7) is -0.870. The maximum Gasteiger partial charge on any atom is 0.387 e. The molecule has 0 saturated carbocycles. The van der Waals surface area contributed by atoms with Crippen molar-refractivity contribution in [1.82, 2.24) is 0 Å². The first-order chi connectivity index (χ1) is 7.63. The van der Waals surface area contributed by atoms with Gasteiger partial charge in [-0.05, 0) is 18.6 Å². The second-order valence-corrected chi connectivity index (χ2v) is 3.43. The maximum absolute atomic E-state index is 11.9. The maximum atomic E-state index is 11.9. The Morgan fingerprint density at radius 2 is 2.19 bits per heavy atom. The fraction of sp³-hybridized carbons (Fsp3) is 0.417. The van der Waals surface area contributed by atoms with Crippen LogP contribution in [0.15, 0.2) is 24.3 Å². The number of carbonyl (C=O) groups excluding carboxylic acids is 1. The Morgan fingerprint density at radius 1 is 1.44 bits per heavy atom. The van der Waals surface area contributed by atoms with Crippen LogP contribution in [0.2, 0.25) is 0 Å². The molecule has 1 rings (SSSR count). The van der Waals surface area contributed by atoms with Gasteiger partial charge in [0.2, 0.25) is 0 Å². The largest absolute Gasteiger partial charge is 0.435 e. The van der Waals surface area contributed by atoms with E-state index in [1.807, 2.05) is 6.92 Å². The molecule has 0 aliphatic heterocycles. The second kappa shape index (κ2) is 6.20. The molecule has 0 fully saturated rings. The van der Waals surface area contributed by atoms with Crippen molar-refractivity contribution in [2.45, 2.75) is 32.8 Å². The van der Waals surface area contributed by atoms with Gasteiger partial charge in [-0.25, -0.2) is 0 Å². The molecule has 16 heavy (non-hydrogen) atoms. The minimum atomic E-state index is -2.86. The number of ether oxygens (including phenoxy) is 1. The predicted molar refractivity (Wildman–Crippen MR) is 56.9 cm³/mol. The summed E-state index contributed by atoms with van der Waals surface area (Å²) in [6, 6.07) is 5.90. The lowest BCUT2D eigenvalue weighted by molar-refractivity contribution is -0.0498.